The maximum atomic E-state index is 5.29. The Bertz CT molecular complexity index is 3110. The molecule has 0 aliphatic heterocycles. The highest BCUT2D eigenvalue weighted by Crippen LogP contribution is 2.52. The molecule has 0 bridgehead atoms. The van der Waals surface area contributed by atoms with Crippen LogP contribution in [0.25, 0.3) is 87.5 Å². The Morgan fingerprint density at radius 1 is 0.386 bits per heavy atom. The van der Waals surface area contributed by atoms with E-state index in [9.17, 15) is 0 Å². The van der Waals surface area contributed by atoms with Crippen molar-refractivity contribution in [1.82, 2.24) is 9.97 Å². The molecular weight excluding hydrogens is 709 g/mol. The molecule has 268 valence electrons. The molecule has 0 fully saturated rings. The fourth-order valence-corrected chi connectivity index (χ4v) is 10.2. The van der Waals surface area contributed by atoms with Crippen LogP contribution in [0.4, 0.5) is 0 Å². The van der Waals surface area contributed by atoms with Crippen LogP contribution in [-0.4, -0.2) is 9.97 Å². The molecule has 0 saturated heterocycles. The first-order chi connectivity index (χ1) is 28.1. The highest BCUT2D eigenvalue weighted by Gasteiger charge is 2.40. The number of rotatable bonds is 6. The van der Waals surface area contributed by atoms with Gasteiger partial charge in [0.15, 0.2) is 5.82 Å². The van der Waals surface area contributed by atoms with Gasteiger partial charge in [-0.15, -0.1) is 11.3 Å². The van der Waals surface area contributed by atoms with Crippen LogP contribution >= 0.6 is 11.3 Å². The summed E-state index contributed by atoms with van der Waals surface area (Å²) >= 11 is 1.86. The molecule has 0 amide bonds. The van der Waals surface area contributed by atoms with Crippen molar-refractivity contribution in [3.63, 3.8) is 0 Å². The van der Waals surface area contributed by atoms with Crippen molar-refractivity contribution in [1.29, 1.82) is 0 Å². The van der Waals surface area contributed by atoms with Crippen LogP contribution in [0.1, 0.15) is 23.6 Å². The topological polar surface area (TPSA) is 25.8 Å². The predicted octanol–water partition coefficient (Wildman–Crippen LogP) is 14.5. The molecule has 1 aliphatic carbocycles. The van der Waals surface area contributed by atoms with E-state index in [4.69, 9.17) is 9.97 Å². The minimum absolute atomic E-state index is 0.286. The lowest BCUT2D eigenvalue weighted by atomic mass is 9.73. The second-order valence-corrected chi connectivity index (χ2v) is 16.1. The van der Waals surface area contributed by atoms with E-state index in [0.29, 0.717) is 5.82 Å². The van der Waals surface area contributed by atoms with Gasteiger partial charge in [-0.3, -0.25) is 0 Å². The van der Waals surface area contributed by atoms with Crippen LogP contribution in [0, 0.1) is 0 Å². The van der Waals surface area contributed by atoms with Gasteiger partial charge >= 0.3 is 0 Å². The Hall–Kier alpha value is -6.94. The van der Waals surface area contributed by atoms with Crippen LogP contribution in [0.3, 0.4) is 0 Å². The summed E-state index contributed by atoms with van der Waals surface area (Å²) in [5, 5.41) is 2.60. The number of thiophene rings is 1. The number of hydrogen-bond donors (Lipinski definition) is 0. The van der Waals surface area contributed by atoms with Gasteiger partial charge in [-0.25, -0.2) is 9.97 Å². The molecule has 1 aliphatic rings. The lowest BCUT2D eigenvalue weighted by Gasteiger charge is -2.29. The molecule has 8 aromatic carbocycles. The van der Waals surface area contributed by atoms with Crippen molar-refractivity contribution in [3.8, 4) is 67.3 Å². The Kier molecular flexibility index (Phi) is 7.84. The van der Waals surface area contributed by atoms with Gasteiger partial charge in [0.05, 0.1) is 11.4 Å². The standard InChI is InChI=1S/C54H36N2S/c1-54(47-29-10-7-23-42(47)43-24-8-11-30-48(43)54)39-21-14-19-37(33-39)40-22-5-6-25-44(40)50-34-49(55-53(56-50)35-16-3-2-4-17-35)38-20-13-18-36(32-38)41-27-15-28-46-45-26-9-12-31-51(45)57-52(41)46/h2-34H,1H3. The van der Waals surface area contributed by atoms with E-state index in [1.807, 2.05) is 17.4 Å². The molecule has 10 aromatic rings. The van der Waals surface area contributed by atoms with Crippen molar-refractivity contribution < 1.29 is 0 Å². The molecule has 2 nitrogen and oxygen atoms in total. The smallest absolute Gasteiger partial charge is 0.160 e. The van der Waals surface area contributed by atoms with Gasteiger partial charge in [-0.05, 0) is 81.3 Å². The second kappa shape index (κ2) is 13.4. The van der Waals surface area contributed by atoms with E-state index in [1.165, 1.54) is 59.1 Å². The van der Waals surface area contributed by atoms with Gasteiger partial charge < -0.3 is 0 Å². The fourth-order valence-electron chi connectivity index (χ4n) is 8.99. The fraction of sp³-hybridized carbons (Fsp3) is 0.0370. The molecule has 0 saturated carbocycles. The number of fused-ring (bicyclic) bond motifs is 6. The van der Waals surface area contributed by atoms with Gasteiger partial charge in [-0.1, -0.05) is 176 Å². The van der Waals surface area contributed by atoms with E-state index in [1.54, 1.807) is 0 Å². The van der Waals surface area contributed by atoms with Crippen molar-refractivity contribution in [2.75, 3.05) is 0 Å². The summed E-state index contributed by atoms with van der Waals surface area (Å²) in [6.07, 6.45) is 0. The average Bonchev–Trinajstić information content (AvgIpc) is 3.80. The first kappa shape index (κ1) is 33.4. The molecule has 0 N–H and O–H groups in total. The Morgan fingerprint density at radius 2 is 0.930 bits per heavy atom. The Labute approximate surface area is 336 Å². The minimum Gasteiger partial charge on any atom is -0.228 e. The Balaban J connectivity index is 1.05. The van der Waals surface area contributed by atoms with Crippen LogP contribution in [0.5, 0.6) is 0 Å². The van der Waals surface area contributed by atoms with Gasteiger partial charge in [0, 0.05) is 42.3 Å². The van der Waals surface area contributed by atoms with E-state index in [-0.39, 0.29) is 5.41 Å². The number of benzene rings is 8. The maximum Gasteiger partial charge on any atom is 0.160 e. The molecule has 3 heteroatoms. The van der Waals surface area contributed by atoms with Gasteiger partial charge in [-0.2, -0.15) is 0 Å². The number of nitrogens with zero attached hydrogens (tertiary/aromatic N) is 2. The quantitative estimate of drug-likeness (QED) is 0.169. The predicted molar refractivity (Wildman–Crippen MR) is 240 cm³/mol. The SMILES string of the molecule is CC1(c2cccc(-c3ccccc3-c3cc(-c4cccc(-c5cccc6c5sc5ccccc56)c4)nc(-c4ccccc4)n3)c2)c2ccccc2-c2ccccc21. The summed E-state index contributed by atoms with van der Waals surface area (Å²) in [6.45, 7) is 2.38. The van der Waals surface area contributed by atoms with E-state index >= 15 is 0 Å². The van der Waals surface area contributed by atoms with Gasteiger partial charge in [0.1, 0.15) is 0 Å². The summed E-state index contributed by atoms with van der Waals surface area (Å²) in [4.78, 5) is 10.5. The summed E-state index contributed by atoms with van der Waals surface area (Å²) < 4.78 is 2.61. The van der Waals surface area contributed by atoms with Crippen molar-refractivity contribution in [3.05, 3.63) is 217 Å². The van der Waals surface area contributed by atoms with E-state index < -0.39 is 0 Å². The third kappa shape index (κ3) is 5.46. The van der Waals surface area contributed by atoms with Crippen molar-refractivity contribution in [2.45, 2.75) is 12.3 Å². The van der Waals surface area contributed by atoms with Crippen LogP contribution in [-0.2, 0) is 5.41 Å². The molecule has 0 atom stereocenters. The lowest BCUT2D eigenvalue weighted by molar-refractivity contribution is 0.714. The van der Waals surface area contributed by atoms with Gasteiger partial charge in [0.25, 0.3) is 0 Å². The third-order valence-electron chi connectivity index (χ3n) is 11.8. The zero-order valence-corrected chi connectivity index (χ0v) is 32.2. The zero-order valence-electron chi connectivity index (χ0n) is 31.4. The molecule has 2 aromatic heterocycles. The monoisotopic (exact) mass is 744 g/mol. The minimum atomic E-state index is -0.286. The molecule has 11 rings (SSSR count). The Morgan fingerprint density at radius 3 is 1.72 bits per heavy atom. The van der Waals surface area contributed by atoms with Gasteiger partial charge in [0.2, 0.25) is 0 Å². The van der Waals surface area contributed by atoms with E-state index in [2.05, 4.69) is 201 Å². The number of aromatic nitrogens is 2. The molecule has 2 heterocycles. The van der Waals surface area contributed by atoms with E-state index in [0.717, 1.165) is 39.2 Å². The van der Waals surface area contributed by atoms with Crippen LogP contribution < -0.4 is 0 Å². The highest BCUT2D eigenvalue weighted by molar-refractivity contribution is 7.26. The maximum absolute atomic E-state index is 5.29. The highest BCUT2D eigenvalue weighted by atomic mass is 32.1. The molecular formula is C54H36N2S. The molecule has 57 heavy (non-hydrogen) atoms. The molecule has 0 spiro atoms. The zero-order chi connectivity index (χ0) is 37.9. The summed E-state index contributed by atoms with van der Waals surface area (Å²) in [6, 6.07) is 72.2. The first-order valence-electron chi connectivity index (χ1n) is 19.5. The van der Waals surface area contributed by atoms with Crippen LogP contribution in [0.2, 0.25) is 0 Å². The van der Waals surface area contributed by atoms with Crippen molar-refractivity contribution in [2.24, 2.45) is 0 Å². The summed E-state index contributed by atoms with van der Waals surface area (Å²) in [7, 11) is 0. The second-order valence-electron chi connectivity index (χ2n) is 15.0. The normalized spacial score (nSPS) is 12.8. The summed E-state index contributed by atoms with van der Waals surface area (Å²) in [5.41, 5.74) is 15.9. The first-order valence-corrected chi connectivity index (χ1v) is 20.3. The van der Waals surface area contributed by atoms with Crippen LogP contribution in [0.15, 0.2) is 200 Å². The summed E-state index contributed by atoms with van der Waals surface area (Å²) in [5.74, 6) is 0.704. The van der Waals surface area contributed by atoms with Crippen molar-refractivity contribution >= 4 is 31.5 Å². The third-order valence-corrected chi connectivity index (χ3v) is 13.0. The average molecular weight is 745 g/mol. The molecule has 0 radical (unpaired) electrons. The molecule has 0 unspecified atom stereocenters. The lowest BCUT2D eigenvalue weighted by Crippen LogP contribution is -2.22. The largest absolute Gasteiger partial charge is 0.228 e. The number of hydrogen-bond acceptors (Lipinski definition) is 3.